The van der Waals surface area contributed by atoms with Crippen molar-refractivity contribution in [3.05, 3.63) is 59.8 Å². The van der Waals surface area contributed by atoms with Gasteiger partial charge in [-0.15, -0.1) is 0 Å². The molecular weight excluding hydrogens is 424 g/mol. The van der Waals surface area contributed by atoms with Gasteiger partial charge < -0.3 is 14.7 Å². The third-order valence-electron chi connectivity index (χ3n) is 6.58. The van der Waals surface area contributed by atoms with E-state index in [0.717, 1.165) is 23.4 Å². The number of allylic oxidation sites excluding steroid dienone is 5. The van der Waals surface area contributed by atoms with Gasteiger partial charge in [0, 0.05) is 24.5 Å². The predicted molar refractivity (Wildman–Crippen MR) is 123 cm³/mol. The van der Waals surface area contributed by atoms with Crippen LogP contribution in [0.5, 0.6) is 5.75 Å². The third-order valence-corrected chi connectivity index (χ3v) is 8.44. The largest absolute Gasteiger partial charge is 0.611 e. The van der Waals surface area contributed by atoms with E-state index in [-0.39, 0.29) is 35.4 Å². The van der Waals surface area contributed by atoms with Crippen LogP contribution in [0.2, 0.25) is 0 Å². The van der Waals surface area contributed by atoms with Crippen LogP contribution in [0.4, 0.5) is 0 Å². The molecule has 0 saturated heterocycles. The predicted octanol–water partition coefficient (Wildman–Crippen LogP) is 3.53. The van der Waals surface area contributed by atoms with E-state index in [1.165, 1.54) is 0 Å². The van der Waals surface area contributed by atoms with Crippen molar-refractivity contribution in [2.75, 3.05) is 6.61 Å². The lowest BCUT2D eigenvalue weighted by atomic mass is 9.91. The molecule has 5 rings (SSSR count). The van der Waals surface area contributed by atoms with Gasteiger partial charge in [-0.25, -0.2) is 0 Å². The molecule has 0 amide bonds. The SMILES string of the molecule is N=C1CC(=O)C(C2Cc3c(OCC4=CCC5C=CC=CC5=N4)cccc3[S+]2[O-])CCC1=O. The second-order valence-electron chi connectivity index (χ2n) is 8.57. The Morgan fingerprint density at radius 1 is 1.25 bits per heavy atom. The van der Waals surface area contributed by atoms with Gasteiger partial charge in [-0.1, -0.05) is 30.4 Å². The first-order chi connectivity index (χ1) is 15.5. The van der Waals surface area contributed by atoms with Crippen molar-refractivity contribution in [1.29, 1.82) is 5.41 Å². The maximum absolute atomic E-state index is 13.2. The van der Waals surface area contributed by atoms with Crippen molar-refractivity contribution >= 4 is 34.2 Å². The molecule has 4 atom stereocenters. The maximum Gasteiger partial charge on any atom is 0.176 e. The number of fused-ring (bicyclic) bond motifs is 2. The number of benzene rings is 1. The molecule has 6 nitrogen and oxygen atoms in total. The van der Waals surface area contributed by atoms with Crippen LogP contribution < -0.4 is 4.74 Å². The van der Waals surface area contributed by atoms with Crippen molar-refractivity contribution in [1.82, 2.24) is 0 Å². The van der Waals surface area contributed by atoms with Crippen molar-refractivity contribution in [2.45, 2.75) is 42.2 Å². The van der Waals surface area contributed by atoms with Gasteiger partial charge >= 0.3 is 0 Å². The highest BCUT2D eigenvalue weighted by atomic mass is 32.2. The van der Waals surface area contributed by atoms with E-state index in [1.807, 2.05) is 36.4 Å². The maximum atomic E-state index is 13.2. The van der Waals surface area contributed by atoms with Gasteiger partial charge in [0.05, 0.1) is 29.3 Å². The summed E-state index contributed by atoms with van der Waals surface area (Å²) in [4.78, 5) is 30.0. The molecule has 1 aromatic carbocycles. The summed E-state index contributed by atoms with van der Waals surface area (Å²) in [6.07, 6.45) is 12.0. The molecule has 32 heavy (non-hydrogen) atoms. The van der Waals surface area contributed by atoms with Crippen LogP contribution >= 0.6 is 0 Å². The highest BCUT2D eigenvalue weighted by Crippen LogP contribution is 2.42. The van der Waals surface area contributed by atoms with E-state index >= 15 is 0 Å². The zero-order valence-corrected chi connectivity index (χ0v) is 18.4. The number of aliphatic imine (C=N–C) groups is 1. The summed E-state index contributed by atoms with van der Waals surface area (Å²) in [5.74, 6) is 0.100. The fraction of sp³-hybridized carbons (Fsp3) is 0.360. The third kappa shape index (κ3) is 3.91. The highest BCUT2D eigenvalue weighted by Gasteiger charge is 2.46. The van der Waals surface area contributed by atoms with E-state index in [2.05, 4.69) is 12.2 Å². The second-order valence-corrected chi connectivity index (χ2v) is 10.2. The van der Waals surface area contributed by atoms with Gasteiger partial charge in [0.15, 0.2) is 10.7 Å². The van der Waals surface area contributed by atoms with Crippen LogP contribution in [-0.2, 0) is 27.2 Å². The zero-order chi connectivity index (χ0) is 22.2. The fourth-order valence-corrected chi connectivity index (χ4v) is 6.68. The molecule has 2 heterocycles. The second kappa shape index (κ2) is 8.64. The molecule has 1 fully saturated rings. The van der Waals surface area contributed by atoms with E-state index in [4.69, 9.17) is 15.1 Å². The minimum atomic E-state index is -1.35. The molecule has 7 heteroatoms. The highest BCUT2D eigenvalue weighted by molar-refractivity contribution is 7.92. The Morgan fingerprint density at radius 3 is 3.00 bits per heavy atom. The number of hydrogen-bond acceptors (Lipinski definition) is 6. The molecule has 0 radical (unpaired) electrons. The summed E-state index contributed by atoms with van der Waals surface area (Å²) < 4.78 is 19.4. The summed E-state index contributed by atoms with van der Waals surface area (Å²) in [5.41, 5.74) is 2.66. The number of nitrogens with zero attached hydrogens (tertiary/aromatic N) is 1. The Morgan fingerprint density at radius 2 is 2.12 bits per heavy atom. The van der Waals surface area contributed by atoms with E-state index < -0.39 is 17.1 Å². The minimum Gasteiger partial charge on any atom is -0.611 e. The molecule has 164 valence electrons. The van der Waals surface area contributed by atoms with Gasteiger partial charge in [-0.2, -0.15) is 0 Å². The number of carbonyl (C=O) groups excluding carboxylic acids is 2. The number of hydrogen-bond donors (Lipinski definition) is 1. The Bertz CT molecular complexity index is 1120. The van der Waals surface area contributed by atoms with Crippen molar-refractivity contribution < 1.29 is 18.9 Å². The lowest BCUT2D eigenvalue weighted by Gasteiger charge is -2.21. The van der Waals surface area contributed by atoms with Crippen molar-refractivity contribution in [3.8, 4) is 5.75 Å². The van der Waals surface area contributed by atoms with Gasteiger partial charge in [-0.05, 0) is 42.2 Å². The molecule has 0 spiro atoms. The van der Waals surface area contributed by atoms with Crippen LogP contribution in [0.3, 0.4) is 0 Å². The molecular formula is C25H24N2O4S. The standard InChI is InChI=1S/C25H24N2O4S/c26-19-13-22(29)17(10-11-21(19)28)25-12-18-23(6-3-7-24(18)32(25)30)31-14-16-9-8-15-4-1-2-5-20(15)27-16/h1-7,9,15,17,25-26H,8,10-14H2. The summed E-state index contributed by atoms with van der Waals surface area (Å²) in [5, 5.41) is 7.38. The molecule has 1 N–H and O–H groups in total. The van der Waals surface area contributed by atoms with Gasteiger partial charge in [0.2, 0.25) is 0 Å². The molecule has 1 aromatic rings. The van der Waals surface area contributed by atoms with Crippen LogP contribution in [-0.4, -0.2) is 39.4 Å². The Labute approximate surface area is 189 Å². The van der Waals surface area contributed by atoms with Crippen LogP contribution in [0.15, 0.2) is 64.2 Å². The summed E-state index contributed by atoms with van der Waals surface area (Å²) >= 11 is -1.35. The smallest absolute Gasteiger partial charge is 0.176 e. The molecule has 4 unspecified atom stereocenters. The zero-order valence-electron chi connectivity index (χ0n) is 17.6. The molecule has 0 bridgehead atoms. The Hall–Kier alpha value is -2.77. The van der Waals surface area contributed by atoms with Crippen LogP contribution in [0, 0.1) is 17.2 Å². The van der Waals surface area contributed by atoms with E-state index in [0.29, 0.717) is 36.0 Å². The normalized spacial score (nSPS) is 29.2. The topological polar surface area (TPSA) is 103 Å². The monoisotopic (exact) mass is 448 g/mol. The summed E-state index contributed by atoms with van der Waals surface area (Å²) in [6.45, 7) is 0.329. The number of nitrogens with one attached hydrogen (secondary N) is 1. The molecule has 1 saturated carbocycles. The summed E-state index contributed by atoms with van der Waals surface area (Å²) in [6, 6.07) is 5.53. The minimum absolute atomic E-state index is 0.129. The first kappa shape index (κ1) is 21.1. The van der Waals surface area contributed by atoms with Crippen LogP contribution in [0.1, 0.15) is 31.2 Å². The Balaban J connectivity index is 1.32. The van der Waals surface area contributed by atoms with Crippen molar-refractivity contribution in [3.63, 3.8) is 0 Å². The molecule has 2 aliphatic carbocycles. The summed E-state index contributed by atoms with van der Waals surface area (Å²) in [7, 11) is 0. The van der Waals surface area contributed by atoms with Crippen molar-refractivity contribution in [2.24, 2.45) is 16.8 Å². The number of ether oxygens (including phenoxy) is 1. The Kier molecular flexibility index (Phi) is 5.69. The molecule has 0 aromatic heterocycles. The quantitative estimate of drug-likeness (QED) is 0.562. The average Bonchev–Trinajstić information content (AvgIpc) is 3.07. The van der Waals surface area contributed by atoms with Gasteiger partial charge in [0.1, 0.15) is 23.4 Å². The first-order valence-electron chi connectivity index (χ1n) is 10.9. The number of carbonyl (C=O) groups is 2. The molecule has 4 aliphatic rings. The average molecular weight is 449 g/mol. The number of rotatable bonds is 4. The fourth-order valence-electron chi connectivity index (χ4n) is 4.81. The van der Waals surface area contributed by atoms with Crippen LogP contribution in [0.25, 0.3) is 0 Å². The number of Topliss-reactive ketones (excluding diaryl/α,β-unsaturated/α-hetero) is 2. The lowest BCUT2D eigenvalue weighted by Crippen LogP contribution is -2.33. The molecule has 2 aliphatic heterocycles. The van der Waals surface area contributed by atoms with E-state index in [9.17, 15) is 14.1 Å². The number of ketones is 2. The first-order valence-corrected chi connectivity index (χ1v) is 12.1. The van der Waals surface area contributed by atoms with E-state index in [1.54, 1.807) is 0 Å². The van der Waals surface area contributed by atoms with Gasteiger partial charge in [0.25, 0.3) is 0 Å². The van der Waals surface area contributed by atoms with Gasteiger partial charge in [-0.3, -0.25) is 14.6 Å². The lowest BCUT2D eigenvalue weighted by molar-refractivity contribution is -0.121.